The van der Waals surface area contributed by atoms with Crippen LogP contribution in [0.1, 0.15) is 17.2 Å². The van der Waals surface area contributed by atoms with Crippen molar-refractivity contribution in [2.24, 2.45) is 0 Å². The Balaban J connectivity index is 2.54. The minimum absolute atomic E-state index is 0.135. The molecule has 1 heterocycles. The van der Waals surface area contributed by atoms with E-state index in [0.29, 0.717) is 11.1 Å². The van der Waals surface area contributed by atoms with Gasteiger partial charge in [0.2, 0.25) is 7.59 Å². The summed E-state index contributed by atoms with van der Waals surface area (Å²) in [6.45, 7) is 0. The predicted octanol–water partition coefficient (Wildman–Crippen LogP) is 5.38. The molecule has 11 heteroatoms. The Morgan fingerprint density at radius 3 is 2.08 bits per heavy atom. The smallest absolute Gasteiger partial charge is 0.330 e. The molecule has 0 aliphatic carbocycles. The van der Waals surface area contributed by atoms with Crippen molar-refractivity contribution < 1.29 is 9.53 Å². The summed E-state index contributed by atoms with van der Waals surface area (Å²) in [4.78, 5) is 23.4. The Hall–Kier alpha value is -0.820. The van der Waals surface area contributed by atoms with Crippen LogP contribution in [0.5, 0.6) is 0 Å². The lowest BCUT2D eigenvalue weighted by atomic mass is 10.1. The lowest BCUT2D eigenvalue weighted by molar-refractivity contribution is -0.134. The average Bonchev–Trinajstić information content (AvgIpc) is 2.58. The van der Waals surface area contributed by atoms with E-state index < -0.39 is 13.6 Å². The number of methoxy groups -OCH3 is 1. The van der Waals surface area contributed by atoms with Crippen LogP contribution in [0.25, 0.3) is 17.5 Å². The fraction of sp³-hybridized carbons (Fsp3) is 0.200. The van der Waals surface area contributed by atoms with Crippen LogP contribution in [0, 0.1) is 0 Å². The molecule has 0 atom stereocenters. The first-order valence-electron chi connectivity index (χ1n) is 6.77. The Kier molecular flexibility index (Phi) is 6.99. The molecule has 0 N–H and O–H groups in total. The van der Waals surface area contributed by atoms with Crippen LogP contribution in [-0.2, 0) is 17.1 Å². The number of halogens is 6. The first kappa shape index (κ1) is 21.5. The molecule has 0 saturated carbocycles. The summed E-state index contributed by atoms with van der Waals surface area (Å²) < 4.78 is 0.667. The standard InChI is InChI=1S/C15H9Cl6N3O2/c1-26-10(25)6-5-8-3-2-4-9(7-8)11-22-12(14(16,17)18)24-13(23-11)15(19,20)21/h2-7H,1H3/b6-5+. The first-order chi connectivity index (χ1) is 12.0. The van der Waals surface area contributed by atoms with Gasteiger partial charge in [-0.3, -0.25) is 0 Å². The minimum Gasteiger partial charge on any atom is -0.466 e. The number of carbonyl (C=O) groups is 1. The first-order valence-corrected chi connectivity index (χ1v) is 9.04. The highest BCUT2D eigenvalue weighted by atomic mass is 35.6. The van der Waals surface area contributed by atoms with Crippen molar-refractivity contribution in [3.05, 3.63) is 47.6 Å². The Labute approximate surface area is 179 Å². The van der Waals surface area contributed by atoms with Crippen LogP contribution in [0.3, 0.4) is 0 Å². The number of hydrogen-bond acceptors (Lipinski definition) is 5. The molecule has 0 radical (unpaired) electrons. The second kappa shape index (κ2) is 8.46. The average molecular weight is 476 g/mol. The Morgan fingerprint density at radius 1 is 1.00 bits per heavy atom. The second-order valence-corrected chi connectivity index (χ2v) is 9.35. The van der Waals surface area contributed by atoms with Gasteiger partial charge in [-0.15, -0.1) is 0 Å². The molecule has 0 bridgehead atoms. The third kappa shape index (κ3) is 5.84. The quantitative estimate of drug-likeness (QED) is 0.339. The van der Waals surface area contributed by atoms with Gasteiger partial charge in [-0.05, 0) is 17.7 Å². The number of carbonyl (C=O) groups excluding carboxylic acids is 1. The van der Waals surface area contributed by atoms with Gasteiger partial charge in [0.1, 0.15) is 0 Å². The van der Waals surface area contributed by atoms with E-state index in [0.717, 1.165) is 0 Å². The minimum atomic E-state index is -1.94. The molecule has 5 nitrogen and oxygen atoms in total. The van der Waals surface area contributed by atoms with Crippen LogP contribution in [0.15, 0.2) is 30.3 Å². The maximum Gasteiger partial charge on any atom is 0.330 e. The van der Waals surface area contributed by atoms with Crippen molar-refractivity contribution in [2.75, 3.05) is 7.11 Å². The molecule has 0 spiro atoms. The summed E-state index contributed by atoms with van der Waals surface area (Å²) >= 11 is 35.1. The SMILES string of the molecule is COC(=O)/C=C/c1cccc(-c2nc(C(Cl)(Cl)Cl)nc(C(Cl)(Cl)Cl)n2)c1. The summed E-state index contributed by atoms with van der Waals surface area (Å²) in [7, 11) is 1.28. The van der Waals surface area contributed by atoms with Crippen molar-refractivity contribution in [1.29, 1.82) is 0 Å². The van der Waals surface area contributed by atoms with E-state index in [2.05, 4.69) is 19.7 Å². The predicted molar refractivity (Wildman–Crippen MR) is 105 cm³/mol. The number of hydrogen-bond donors (Lipinski definition) is 0. The highest BCUT2D eigenvalue weighted by Gasteiger charge is 2.34. The maximum absolute atomic E-state index is 11.2. The molecule has 1 aromatic heterocycles. The van der Waals surface area contributed by atoms with E-state index in [9.17, 15) is 4.79 Å². The van der Waals surface area contributed by atoms with E-state index in [-0.39, 0.29) is 17.5 Å². The third-order valence-electron chi connectivity index (χ3n) is 2.90. The zero-order valence-electron chi connectivity index (χ0n) is 12.9. The molecule has 138 valence electrons. The van der Waals surface area contributed by atoms with E-state index in [1.165, 1.54) is 13.2 Å². The number of ether oxygens (including phenoxy) is 1. The van der Waals surface area contributed by atoms with E-state index >= 15 is 0 Å². The number of esters is 1. The molecule has 2 aromatic rings. The summed E-state index contributed by atoms with van der Waals surface area (Å²) in [5, 5.41) is 0. The molecular weight excluding hydrogens is 467 g/mol. The lowest BCUT2D eigenvalue weighted by Crippen LogP contribution is -2.16. The van der Waals surface area contributed by atoms with E-state index in [1.807, 2.05) is 0 Å². The topological polar surface area (TPSA) is 65.0 Å². The van der Waals surface area contributed by atoms with Gasteiger partial charge in [0.15, 0.2) is 17.5 Å². The summed E-state index contributed by atoms with van der Waals surface area (Å²) in [6.07, 6.45) is 2.83. The Bertz CT molecular complexity index is 814. The van der Waals surface area contributed by atoms with Crippen LogP contribution in [0.4, 0.5) is 0 Å². The number of nitrogens with zero attached hydrogens (tertiary/aromatic N) is 3. The number of alkyl halides is 6. The van der Waals surface area contributed by atoms with Crippen LogP contribution >= 0.6 is 69.6 Å². The van der Waals surface area contributed by atoms with Gasteiger partial charge in [-0.2, -0.15) is 0 Å². The van der Waals surface area contributed by atoms with Gasteiger partial charge in [0.25, 0.3) is 0 Å². The summed E-state index contributed by atoms with van der Waals surface area (Å²) in [5.74, 6) is -0.739. The number of rotatable bonds is 3. The van der Waals surface area contributed by atoms with Gasteiger partial charge in [-0.1, -0.05) is 87.8 Å². The van der Waals surface area contributed by atoms with Gasteiger partial charge >= 0.3 is 5.97 Å². The fourth-order valence-corrected chi connectivity index (χ4v) is 2.28. The zero-order valence-corrected chi connectivity index (χ0v) is 17.4. The van der Waals surface area contributed by atoms with Crippen molar-refractivity contribution >= 4 is 81.7 Å². The van der Waals surface area contributed by atoms with Gasteiger partial charge in [0, 0.05) is 11.6 Å². The normalized spacial score (nSPS) is 12.4. The number of aromatic nitrogens is 3. The van der Waals surface area contributed by atoms with Crippen molar-refractivity contribution in [3.63, 3.8) is 0 Å². The molecule has 0 fully saturated rings. The highest BCUT2D eigenvalue weighted by Crippen LogP contribution is 2.40. The molecular formula is C15H9Cl6N3O2. The van der Waals surface area contributed by atoms with Crippen LogP contribution in [-0.4, -0.2) is 28.0 Å². The molecule has 1 aromatic carbocycles. The largest absolute Gasteiger partial charge is 0.466 e. The summed E-state index contributed by atoms with van der Waals surface area (Å²) in [5.41, 5.74) is 1.21. The van der Waals surface area contributed by atoms with Gasteiger partial charge in [0.05, 0.1) is 7.11 Å². The molecule has 2 rings (SSSR count). The van der Waals surface area contributed by atoms with E-state index in [1.54, 1.807) is 30.3 Å². The molecule has 0 amide bonds. The zero-order chi connectivity index (χ0) is 19.5. The van der Waals surface area contributed by atoms with Crippen LogP contribution in [0.2, 0.25) is 0 Å². The van der Waals surface area contributed by atoms with E-state index in [4.69, 9.17) is 69.6 Å². The lowest BCUT2D eigenvalue weighted by Gasteiger charge is -2.15. The van der Waals surface area contributed by atoms with Crippen molar-refractivity contribution in [3.8, 4) is 11.4 Å². The van der Waals surface area contributed by atoms with Crippen LogP contribution < -0.4 is 0 Å². The van der Waals surface area contributed by atoms with Gasteiger partial charge < -0.3 is 4.74 Å². The highest BCUT2D eigenvalue weighted by molar-refractivity contribution is 6.67. The summed E-state index contributed by atoms with van der Waals surface area (Å²) in [6, 6.07) is 6.88. The number of benzene rings is 1. The fourth-order valence-electron chi connectivity index (χ4n) is 1.77. The second-order valence-electron chi connectivity index (χ2n) is 4.78. The molecule has 26 heavy (non-hydrogen) atoms. The maximum atomic E-state index is 11.2. The molecule has 0 aliphatic rings. The monoisotopic (exact) mass is 473 g/mol. The molecule has 0 aliphatic heterocycles. The Morgan fingerprint density at radius 2 is 1.58 bits per heavy atom. The van der Waals surface area contributed by atoms with Crippen molar-refractivity contribution in [1.82, 2.24) is 15.0 Å². The molecule has 0 unspecified atom stereocenters. The van der Waals surface area contributed by atoms with Gasteiger partial charge in [-0.25, -0.2) is 19.7 Å². The van der Waals surface area contributed by atoms with Crippen molar-refractivity contribution in [2.45, 2.75) is 7.59 Å². The molecule has 0 saturated heterocycles. The third-order valence-corrected chi connectivity index (χ3v) is 3.91.